The number of carbonyl (C=O) groups is 1. The molecule has 0 atom stereocenters. The molecule has 0 aromatic heterocycles. The van der Waals surface area contributed by atoms with Gasteiger partial charge in [0.05, 0.1) is 5.69 Å². The highest BCUT2D eigenvalue weighted by molar-refractivity contribution is 5.89. The molecule has 0 saturated carbocycles. The Morgan fingerprint density at radius 1 is 0.909 bits per heavy atom. The minimum Gasteiger partial charge on any atom is -0.338 e. The Balaban J connectivity index is 1.86. The summed E-state index contributed by atoms with van der Waals surface area (Å²) in [5, 5.41) is 4.51. The molecule has 0 aliphatic carbocycles. The van der Waals surface area contributed by atoms with E-state index in [1.807, 2.05) is 0 Å². The van der Waals surface area contributed by atoms with E-state index in [4.69, 9.17) is 0 Å². The average molecular weight is 312 g/mol. The maximum absolute atomic E-state index is 13.4. The molecule has 3 nitrogen and oxygen atoms in total. The standard InChI is InChI=1S/C15H12F4N2O/c16-10-3-1-9(2-4-10)7-8-20-15(22)21-12-6-5-11(17)13(18)14(12)19/h1-6H,7-8H2,(H2,20,21,22). The predicted octanol–water partition coefficient (Wildman–Crippen LogP) is 3.61. The van der Waals surface area contributed by atoms with Gasteiger partial charge in [0.25, 0.3) is 0 Å². The fourth-order valence-electron chi connectivity index (χ4n) is 1.76. The first-order chi connectivity index (χ1) is 10.5. The molecule has 0 aliphatic rings. The zero-order valence-corrected chi connectivity index (χ0v) is 11.3. The van der Waals surface area contributed by atoms with Gasteiger partial charge in [0, 0.05) is 6.54 Å². The van der Waals surface area contributed by atoms with Crippen LogP contribution >= 0.6 is 0 Å². The van der Waals surface area contributed by atoms with E-state index < -0.39 is 29.2 Å². The number of anilines is 1. The zero-order chi connectivity index (χ0) is 16.1. The lowest BCUT2D eigenvalue weighted by Gasteiger charge is -2.09. The van der Waals surface area contributed by atoms with Gasteiger partial charge in [-0.05, 0) is 36.2 Å². The van der Waals surface area contributed by atoms with Crippen LogP contribution in [0.15, 0.2) is 36.4 Å². The summed E-state index contributed by atoms with van der Waals surface area (Å²) >= 11 is 0. The Kier molecular flexibility index (Phi) is 4.98. The van der Waals surface area contributed by atoms with Gasteiger partial charge in [-0.15, -0.1) is 0 Å². The Bertz CT molecular complexity index is 674. The number of benzene rings is 2. The van der Waals surface area contributed by atoms with Crippen molar-refractivity contribution in [3.63, 3.8) is 0 Å². The van der Waals surface area contributed by atoms with Gasteiger partial charge < -0.3 is 10.6 Å². The monoisotopic (exact) mass is 312 g/mol. The van der Waals surface area contributed by atoms with Gasteiger partial charge in [0.1, 0.15) is 5.82 Å². The fourth-order valence-corrected chi connectivity index (χ4v) is 1.76. The Morgan fingerprint density at radius 3 is 2.27 bits per heavy atom. The second-order valence-corrected chi connectivity index (χ2v) is 4.48. The highest BCUT2D eigenvalue weighted by Gasteiger charge is 2.14. The van der Waals surface area contributed by atoms with Gasteiger partial charge in [-0.2, -0.15) is 0 Å². The summed E-state index contributed by atoms with van der Waals surface area (Å²) in [6.45, 7) is 0.211. The molecule has 2 aromatic carbocycles. The maximum atomic E-state index is 13.4. The summed E-state index contributed by atoms with van der Waals surface area (Å²) in [5.41, 5.74) is 0.346. The van der Waals surface area contributed by atoms with Crippen molar-refractivity contribution in [2.45, 2.75) is 6.42 Å². The van der Waals surface area contributed by atoms with E-state index in [1.165, 1.54) is 12.1 Å². The van der Waals surface area contributed by atoms with Crippen LogP contribution in [0.5, 0.6) is 0 Å². The van der Waals surface area contributed by atoms with Crippen molar-refractivity contribution in [2.24, 2.45) is 0 Å². The van der Waals surface area contributed by atoms with Crippen LogP contribution in [-0.4, -0.2) is 12.6 Å². The van der Waals surface area contributed by atoms with Gasteiger partial charge >= 0.3 is 6.03 Å². The molecule has 22 heavy (non-hydrogen) atoms. The third-order valence-corrected chi connectivity index (χ3v) is 2.90. The number of amides is 2. The number of urea groups is 1. The first kappa shape index (κ1) is 15.8. The minimum absolute atomic E-state index is 0.211. The lowest BCUT2D eigenvalue weighted by Crippen LogP contribution is -2.30. The van der Waals surface area contributed by atoms with Gasteiger partial charge in [-0.25, -0.2) is 22.4 Å². The Morgan fingerprint density at radius 2 is 1.59 bits per heavy atom. The predicted molar refractivity (Wildman–Crippen MR) is 73.4 cm³/mol. The quantitative estimate of drug-likeness (QED) is 0.657. The minimum atomic E-state index is -1.65. The van der Waals surface area contributed by atoms with Crippen LogP contribution in [0.25, 0.3) is 0 Å². The van der Waals surface area contributed by atoms with Gasteiger partial charge in [0.15, 0.2) is 17.5 Å². The van der Waals surface area contributed by atoms with E-state index in [-0.39, 0.29) is 12.4 Å². The third kappa shape index (κ3) is 3.97. The highest BCUT2D eigenvalue weighted by Crippen LogP contribution is 2.19. The lowest BCUT2D eigenvalue weighted by atomic mass is 10.1. The van der Waals surface area contributed by atoms with E-state index in [9.17, 15) is 22.4 Å². The molecule has 0 aliphatic heterocycles. The zero-order valence-electron chi connectivity index (χ0n) is 11.3. The summed E-state index contributed by atoms with van der Waals surface area (Å²) in [7, 11) is 0. The molecule has 2 N–H and O–H groups in total. The number of halogens is 4. The summed E-state index contributed by atoms with van der Waals surface area (Å²) in [4.78, 5) is 11.5. The van der Waals surface area contributed by atoms with E-state index in [0.29, 0.717) is 12.5 Å². The van der Waals surface area contributed by atoms with Crippen molar-refractivity contribution < 1.29 is 22.4 Å². The second kappa shape index (κ2) is 6.93. The van der Waals surface area contributed by atoms with Crippen LogP contribution in [0.3, 0.4) is 0 Å². The normalized spacial score (nSPS) is 10.4. The molecule has 0 unspecified atom stereocenters. The van der Waals surface area contributed by atoms with Crippen LogP contribution in [0.1, 0.15) is 5.56 Å². The van der Waals surface area contributed by atoms with Crippen LogP contribution in [-0.2, 0) is 6.42 Å². The molecule has 0 bridgehead atoms. The third-order valence-electron chi connectivity index (χ3n) is 2.90. The van der Waals surface area contributed by atoms with Crippen molar-refractivity contribution in [1.29, 1.82) is 0 Å². The second-order valence-electron chi connectivity index (χ2n) is 4.48. The number of carbonyl (C=O) groups excluding carboxylic acids is 1. The van der Waals surface area contributed by atoms with E-state index in [1.54, 1.807) is 12.1 Å². The number of rotatable bonds is 4. The first-order valence-corrected chi connectivity index (χ1v) is 6.40. The van der Waals surface area contributed by atoms with Gasteiger partial charge in [0.2, 0.25) is 0 Å². The molecule has 0 fully saturated rings. The van der Waals surface area contributed by atoms with Crippen molar-refractivity contribution in [1.82, 2.24) is 5.32 Å². The molecule has 2 aromatic rings. The van der Waals surface area contributed by atoms with Crippen LogP contribution < -0.4 is 10.6 Å². The maximum Gasteiger partial charge on any atom is 0.319 e. The highest BCUT2D eigenvalue weighted by atomic mass is 19.2. The van der Waals surface area contributed by atoms with Crippen molar-refractivity contribution in [2.75, 3.05) is 11.9 Å². The van der Waals surface area contributed by atoms with E-state index in [2.05, 4.69) is 10.6 Å². The first-order valence-electron chi connectivity index (χ1n) is 6.40. The molecule has 0 spiro atoms. The summed E-state index contributed by atoms with van der Waals surface area (Å²) in [5.74, 6) is -4.80. The Hall–Kier alpha value is -2.57. The van der Waals surface area contributed by atoms with Crippen molar-refractivity contribution in [3.05, 3.63) is 65.2 Å². The lowest BCUT2D eigenvalue weighted by molar-refractivity contribution is 0.252. The molecule has 0 radical (unpaired) electrons. The Labute approximate surface area is 124 Å². The molecule has 0 heterocycles. The van der Waals surface area contributed by atoms with Crippen molar-refractivity contribution in [3.8, 4) is 0 Å². The molecule has 2 amide bonds. The van der Waals surface area contributed by atoms with Crippen LogP contribution in [0.2, 0.25) is 0 Å². The molecule has 2 rings (SSSR count). The van der Waals surface area contributed by atoms with Crippen LogP contribution in [0.4, 0.5) is 28.0 Å². The number of nitrogens with one attached hydrogen (secondary N) is 2. The van der Waals surface area contributed by atoms with Crippen LogP contribution in [0, 0.1) is 23.3 Å². The number of hydrogen-bond donors (Lipinski definition) is 2. The SMILES string of the molecule is O=C(NCCc1ccc(F)cc1)Nc1ccc(F)c(F)c1F. The molecular weight excluding hydrogens is 300 g/mol. The van der Waals surface area contributed by atoms with Gasteiger partial charge in [-0.3, -0.25) is 0 Å². The molecular formula is C15H12F4N2O. The summed E-state index contributed by atoms with van der Waals surface area (Å²) in [6.07, 6.45) is 0.438. The smallest absolute Gasteiger partial charge is 0.319 e. The summed E-state index contributed by atoms with van der Waals surface area (Å²) in [6, 6.07) is 6.62. The average Bonchev–Trinajstić information content (AvgIpc) is 2.50. The van der Waals surface area contributed by atoms with E-state index >= 15 is 0 Å². The van der Waals surface area contributed by atoms with Crippen molar-refractivity contribution >= 4 is 11.7 Å². The van der Waals surface area contributed by atoms with E-state index in [0.717, 1.165) is 11.6 Å². The van der Waals surface area contributed by atoms with Gasteiger partial charge in [-0.1, -0.05) is 12.1 Å². The molecule has 7 heteroatoms. The largest absolute Gasteiger partial charge is 0.338 e. The number of hydrogen-bond acceptors (Lipinski definition) is 1. The molecule has 0 saturated heterocycles. The topological polar surface area (TPSA) is 41.1 Å². The fraction of sp³-hybridized carbons (Fsp3) is 0.133. The summed E-state index contributed by atoms with van der Waals surface area (Å²) < 4.78 is 51.8. The molecule has 116 valence electrons.